The van der Waals surface area contributed by atoms with Crippen LogP contribution in [0.5, 0.6) is 5.75 Å². The van der Waals surface area contributed by atoms with Crippen LogP contribution in [0.15, 0.2) is 18.2 Å². The zero-order valence-corrected chi connectivity index (χ0v) is 10.3. The van der Waals surface area contributed by atoms with Crippen molar-refractivity contribution >= 4 is 0 Å². The van der Waals surface area contributed by atoms with Gasteiger partial charge in [-0.15, -0.1) is 0 Å². The maximum Gasteiger partial charge on any atom is 0.125 e. The van der Waals surface area contributed by atoms with Gasteiger partial charge < -0.3 is 14.6 Å². The second-order valence-electron chi connectivity index (χ2n) is 5.31. The summed E-state index contributed by atoms with van der Waals surface area (Å²) in [7, 11) is 1.73. The summed E-state index contributed by atoms with van der Waals surface area (Å²) in [5, 5.41) is 10.2. The Labute approximate surface area is 101 Å². The first-order valence-electron chi connectivity index (χ1n) is 6.12. The van der Waals surface area contributed by atoms with Crippen molar-refractivity contribution in [1.82, 2.24) is 0 Å². The lowest BCUT2D eigenvalue weighted by atomic mass is 9.71. The molecule has 0 unspecified atom stereocenters. The molecular formula is C14H18O3. The lowest BCUT2D eigenvalue weighted by molar-refractivity contribution is -0.139. The van der Waals surface area contributed by atoms with E-state index in [2.05, 4.69) is 0 Å². The van der Waals surface area contributed by atoms with Crippen LogP contribution in [0.2, 0.25) is 0 Å². The number of aliphatic hydroxyl groups is 1. The third-order valence-corrected chi connectivity index (χ3v) is 3.95. The molecule has 1 N–H and O–H groups in total. The minimum atomic E-state index is -0.406. The van der Waals surface area contributed by atoms with Gasteiger partial charge in [0.05, 0.1) is 12.2 Å². The van der Waals surface area contributed by atoms with Crippen molar-refractivity contribution in [2.24, 2.45) is 0 Å². The molecule has 1 atom stereocenters. The molecular weight excluding hydrogens is 216 g/mol. The van der Waals surface area contributed by atoms with Crippen molar-refractivity contribution in [3.63, 3.8) is 0 Å². The van der Waals surface area contributed by atoms with Crippen molar-refractivity contribution in [2.75, 3.05) is 7.11 Å². The molecule has 0 amide bonds. The van der Waals surface area contributed by atoms with E-state index < -0.39 is 6.10 Å². The number of hydrogen-bond acceptors (Lipinski definition) is 3. The Kier molecular flexibility index (Phi) is 2.42. The van der Waals surface area contributed by atoms with Crippen LogP contribution in [0.3, 0.4) is 0 Å². The number of benzene rings is 1. The summed E-state index contributed by atoms with van der Waals surface area (Å²) in [5.41, 5.74) is 1.89. The van der Waals surface area contributed by atoms with Crippen LogP contribution in [0.25, 0.3) is 0 Å². The summed E-state index contributed by atoms with van der Waals surface area (Å²) < 4.78 is 11.4. The Morgan fingerprint density at radius 3 is 2.82 bits per heavy atom. The Hall–Kier alpha value is -1.06. The Morgan fingerprint density at radius 1 is 1.35 bits per heavy atom. The highest BCUT2D eigenvalue weighted by molar-refractivity contribution is 5.41. The molecule has 3 heteroatoms. The highest BCUT2D eigenvalue weighted by atomic mass is 16.5. The molecule has 1 aromatic carbocycles. The number of rotatable bonds is 1. The summed E-state index contributed by atoms with van der Waals surface area (Å²) in [6.45, 7) is 2.03. The average Bonchev–Trinajstić information content (AvgIpc) is 2.26. The zero-order valence-electron chi connectivity index (χ0n) is 10.3. The van der Waals surface area contributed by atoms with E-state index in [9.17, 15) is 5.11 Å². The molecule has 2 aliphatic rings. The molecule has 92 valence electrons. The fraction of sp³-hybridized carbons (Fsp3) is 0.571. The van der Waals surface area contributed by atoms with E-state index in [0.717, 1.165) is 29.7 Å². The topological polar surface area (TPSA) is 38.7 Å². The average molecular weight is 234 g/mol. The van der Waals surface area contributed by atoms with Gasteiger partial charge in [-0.2, -0.15) is 0 Å². The molecule has 1 fully saturated rings. The molecule has 1 saturated carbocycles. The van der Waals surface area contributed by atoms with Crippen LogP contribution in [-0.2, 0) is 4.74 Å². The van der Waals surface area contributed by atoms with E-state index >= 15 is 0 Å². The second-order valence-corrected chi connectivity index (χ2v) is 5.31. The largest absolute Gasteiger partial charge is 0.487 e. The molecule has 0 aromatic heterocycles. The smallest absolute Gasteiger partial charge is 0.125 e. The maximum absolute atomic E-state index is 10.2. The summed E-state index contributed by atoms with van der Waals surface area (Å²) in [4.78, 5) is 0. The second kappa shape index (κ2) is 3.72. The van der Waals surface area contributed by atoms with Crippen molar-refractivity contribution in [2.45, 2.75) is 44.0 Å². The molecule has 0 radical (unpaired) electrons. The van der Waals surface area contributed by atoms with Gasteiger partial charge in [0, 0.05) is 31.9 Å². The van der Waals surface area contributed by atoms with Crippen molar-refractivity contribution < 1.29 is 14.6 Å². The lowest BCUT2D eigenvalue weighted by Crippen LogP contribution is -2.54. The SMILES string of the molecule is COC1CC2(C1)C[C@H](O)c1cc(C)ccc1O2. The molecule has 1 heterocycles. The highest BCUT2D eigenvalue weighted by Crippen LogP contribution is 2.49. The van der Waals surface area contributed by atoms with E-state index in [1.54, 1.807) is 7.11 Å². The van der Waals surface area contributed by atoms with Gasteiger partial charge in [-0.3, -0.25) is 0 Å². The molecule has 17 heavy (non-hydrogen) atoms. The maximum atomic E-state index is 10.2. The standard InChI is InChI=1S/C14H18O3/c1-9-3-4-13-11(5-9)12(15)8-14(17-13)6-10(7-14)16-2/h3-5,10,12,15H,6-8H2,1-2H3/t10?,12-,14?/m0/s1. The Bertz CT molecular complexity index is 435. The predicted molar refractivity (Wildman–Crippen MR) is 64.1 cm³/mol. The van der Waals surface area contributed by atoms with Crippen LogP contribution in [0, 0.1) is 6.92 Å². The normalized spacial score (nSPS) is 35.0. The van der Waals surface area contributed by atoms with Crippen LogP contribution >= 0.6 is 0 Å². The molecule has 0 bridgehead atoms. The molecule has 3 nitrogen and oxygen atoms in total. The number of aliphatic hydroxyl groups excluding tert-OH is 1. The van der Waals surface area contributed by atoms with Crippen LogP contribution in [0.4, 0.5) is 0 Å². The minimum Gasteiger partial charge on any atom is -0.487 e. The first-order chi connectivity index (χ1) is 8.12. The molecule has 1 aromatic rings. The van der Waals surface area contributed by atoms with E-state index in [-0.39, 0.29) is 11.7 Å². The van der Waals surface area contributed by atoms with E-state index in [1.807, 2.05) is 25.1 Å². The van der Waals surface area contributed by atoms with E-state index in [1.165, 1.54) is 0 Å². The predicted octanol–water partition coefficient (Wildman–Crippen LogP) is 2.36. The first kappa shape index (κ1) is 11.1. The van der Waals surface area contributed by atoms with Gasteiger partial charge in [0.1, 0.15) is 11.4 Å². The van der Waals surface area contributed by atoms with Gasteiger partial charge >= 0.3 is 0 Å². The third kappa shape index (κ3) is 1.74. The summed E-state index contributed by atoms with van der Waals surface area (Å²) in [5.74, 6) is 0.837. The molecule has 1 spiro atoms. The molecule has 0 saturated heterocycles. The molecule has 3 rings (SSSR count). The van der Waals surface area contributed by atoms with E-state index in [4.69, 9.17) is 9.47 Å². The lowest BCUT2D eigenvalue weighted by Gasteiger charge is -2.50. The van der Waals surface area contributed by atoms with Gasteiger partial charge in [-0.1, -0.05) is 11.6 Å². The third-order valence-electron chi connectivity index (χ3n) is 3.95. The quantitative estimate of drug-likeness (QED) is 0.810. The Morgan fingerprint density at radius 2 is 2.12 bits per heavy atom. The summed E-state index contributed by atoms with van der Waals surface area (Å²) in [6, 6.07) is 6.01. The van der Waals surface area contributed by atoms with Crippen molar-refractivity contribution in [3.05, 3.63) is 29.3 Å². The number of methoxy groups -OCH3 is 1. The summed E-state index contributed by atoms with van der Waals surface area (Å²) >= 11 is 0. The van der Waals surface area contributed by atoms with Gasteiger partial charge in [0.2, 0.25) is 0 Å². The van der Waals surface area contributed by atoms with E-state index in [0.29, 0.717) is 6.42 Å². The van der Waals surface area contributed by atoms with Gasteiger partial charge in [0.25, 0.3) is 0 Å². The monoisotopic (exact) mass is 234 g/mol. The Balaban J connectivity index is 1.87. The van der Waals surface area contributed by atoms with Crippen molar-refractivity contribution in [3.8, 4) is 5.75 Å². The van der Waals surface area contributed by atoms with Gasteiger partial charge in [-0.25, -0.2) is 0 Å². The molecule has 1 aliphatic heterocycles. The molecule has 1 aliphatic carbocycles. The minimum absolute atomic E-state index is 0.192. The zero-order chi connectivity index (χ0) is 12.0. The number of aryl methyl sites for hydroxylation is 1. The number of hydrogen-bond donors (Lipinski definition) is 1. The highest BCUT2D eigenvalue weighted by Gasteiger charge is 2.50. The first-order valence-corrected chi connectivity index (χ1v) is 6.12. The van der Waals surface area contributed by atoms with Crippen molar-refractivity contribution in [1.29, 1.82) is 0 Å². The van der Waals surface area contributed by atoms with Crippen LogP contribution in [-0.4, -0.2) is 23.9 Å². The number of fused-ring (bicyclic) bond motifs is 1. The van der Waals surface area contributed by atoms with Crippen LogP contribution < -0.4 is 4.74 Å². The van der Waals surface area contributed by atoms with Gasteiger partial charge in [-0.05, 0) is 19.1 Å². The summed E-state index contributed by atoms with van der Waals surface area (Å²) in [6.07, 6.45) is 2.33. The fourth-order valence-corrected chi connectivity index (χ4v) is 2.95. The fourth-order valence-electron chi connectivity index (χ4n) is 2.95. The van der Waals surface area contributed by atoms with Gasteiger partial charge in [0.15, 0.2) is 0 Å². The van der Waals surface area contributed by atoms with Crippen LogP contribution in [0.1, 0.15) is 36.5 Å². The number of ether oxygens (including phenoxy) is 2.